The Morgan fingerprint density at radius 3 is 2.48 bits per heavy atom. The van der Waals surface area contributed by atoms with Crippen LogP contribution in [0.1, 0.15) is 23.7 Å². The zero-order valence-corrected chi connectivity index (χ0v) is 15.3. The van der Waals surface area contributed by atoms with E-state index in [1.54, 1.807) is 24.3 Å². The molecule has 5 nitrogen and oxygen atoms in total. The second-order valence-electron chi connectivity index (χ2n) is 6.09. The monoisotopic (exact) mass is 363 g/mol. The van der Waals surface area contributed by atoms with Crippen LogP contribution in [0.5, 0.6) is 5.75 Å². The van der Waals surface area contributed by atoms with Crippen LogP contribution < -0.4 is 10.1 Å². The topological polar surface area (TPSA) is 64.6 Å². The highest BCUT2D eigenvalue weighted by Gasteiger charge is 2.19. The van der Waals surface area contributed by atoms with Crippen LogP contribution in [0, 0.1) is 0 Å². The van der Waals surface area contributed by atoms with Crippen molar-refractivity contribution in [2.75, 3.05) is 12.4 Å². The van der Waals surface area contributed by atoms with E-state index in [0.29, 0.717) is 23.4 Å². The van der Waals surface area contributed by atoms with Crippen molar-refractivity contribution in [3.8, 4) is 5.75 Å². The number of carbonyl (C=O) groups excluding carboxylic acids is 2. The van der Waals surface area contributed by atoms with Gasteiger partial charge in [-0.2, -0.15) is 0 Å². The van der Waals surface area contributed by atoms with Gasteiger partial charge in [0.15, 0.2) is 6.10 Å². The summed E-state index contributed by atoms with van der Waals surface area (Å²) >= 11 is 0. The fourth-order valence-corrected chi connectivity index (χ4v) is 2.79. The average molecular weight is 363 g/mol. The summed E-state index contributed by atoms with van der Waals surface area (Å²) in [5.41, 5.74) is 0.891. The van der Waals surface area contributed by atoms with E-state index in [0.717, 1.165) is 10.8 Å². The summed E-state index contributed by atoms with van der Waals surface area (Å²) < 4.78 is 10.6. The Morgan fingerprint density at radius 2 is 1.74 bits per heavy atom. The molecule has 1 amide bonds. The molecule has 0 heterocycles. The predicted octanol–water partition coefficient (Wildman–Crippen LogP) is 4.42. The van der Waals surface area contributed by atoms with Crippen molar-refractivity contribution in [1.29, 1.82) is 0 Å². The van der Waals surface area contributed by atoms with E-state index in [1.807, 2.05) is 49.4 Å². The molecule has 0 aliphatic carbocycles. The van der Waals surface area contributed by atoms with Crippen molar-refractivity contribution in [1.82, 2.24) is 0 Å². The molecule has 5 heteroatoms. The minimum Gasteiger partial charge on any atom is -0.481 e. The Hall–Kier alpha value is -3.34. The highest BCUT2D eigenvalue weighted by Crippen LogP contribution is 2.22. The van der Waals surface area contributed by atoms with Crippen LogP contribution in [-0.2, 0) is 9.53 Å². The lowest BCUT2D eigenvalue weighted by Crippen LogP contribution is -2.32. The molecule has 0 aromatic heterocycles. The van der Waals surface area contributed by atoms with Crippen LogP contribution in [0.15, 0.2) is 66.7 Å². The summed E-state index contributed by atoms with van der Waals surface area (Å²) in [6.45, 7) is 1.89. The van der Waals surface area contributed by atoms with Crippen molar-refractivity contribution in [2.24, 2.45) is 0 Å². The first-order valence-corrected chi connectivity index (χ1v) is 8.75. The standard InChI is InChI=1S/C22H21NO4/c1-3-20(27-19-12-11-15-7-4-5-8-16(15)14-19)21(24)23-18-10-6-9-17(13-18)22(25)26-2/h4-14,20H,3H2,1-2H3,(H,23,24)/t20-/m0/s1. The van der Waals surface area contributed by atoms with Gasteiger partial charge in [-0.3, -0.25) is 4.79 Å². The number of methoxy groups -OCH3 is 1. The number of rotatable bonds is 6. The van der Waals surface area contributed by atoms with Gasteiger partial charge in [-0.05, 0) is 47.5 Å². The molecule has 27 heavy (non-hydrogen) atoms. The summed E-state index contributed by atoms with van der Waals surface area (Å²) in [6, 6.07) is 20.3. The van der Waals surface area contributed by atoms with Gasteiger partial charge >= 0.3 is 5.97 Å². The number of nitrogens with one attached hydrogen (secondary N) is 1. The van der Waals surface area contributed by atoms with E-state index >= 15 is 0 Å². The Balaban J connectivity index is 1.72. The normalized spacial score (nSPS) is 11.6. The zero-order chi connectivity index (χ0) is 19.2. The molecule has 0 unspecified atom stereocenters. The van der Waals surface area contributed by atoms with Crippen molar-refractivity contribution in [3.05, 3.63) is 72.3 Å². The van der Waals surface area contributed by atoms with Gasteiger partial charge in [0, 0.05) is 5.69 Å². The second-order valence-corrected chi connectivity index (χ2v) is 6.09. The van der Waals surface area contributed by atoms with Gasteiger partial charge in [-0.1, -0.05) is 43.3 Å². The number of amides is 1. The van der Waals surface area contributed by atoms with Gasteiger partial charge < -0.3 is 14.8 Å². The summed E-state index contributed by atoms with van der Waals surface area (Å²) in [7, 11) is 1.32. The van der Waals surface area contributed by atoms with Crippen LogP contribution in [-0.4, -0.2) is 25.1 Å². The van der Waals surface area contributed by atoms with E-state index in [2.05, 4.69) is 5.32 Å². The maximum absolute atomic E-state index is 12.6. The van der Waals surface area contributed by atoms with Crippen LogP contribution in [0.4, 0.5) is 5.69 Å². The maximum atomic E-state index is 12.6. The molecule has 1 N–H and O–H groups in total. The Morgan fingerprint density at radius 1 is 0.963 bits per heavy atom. The Bertz CT molecular complexity index is 967. The first-order valence-electron chi connectivity index (χ1n) is 8.75. The molecule has 3 rings (SSSR count). The van der Waals surface area contributed by atoms with Crippen molar-refractivity contribution in [3.63, 3.8) is 0 Å². The number of esters is 1. The first-order chi connectivity index (χ1) is 13.1. The summed E-state index contributed by atoms with van der Waals surface area (Å²) in [5.74, 6) is -0.0859. The lowest BCUT2D eigenvalue weighted by Gasteiger charge is -2.18. The largest absolute Gasteiger partial charge is 0.481 e. The molecule has 0 radical (unpaired) electrons. The van der Waals surface area contributed by atoms with E-state index in [4.69, 9.17) is 9.47 Å². The van der Waals surface area contributed by atoms with E-state index < -0.39 is 12.1 Å². The highest BCUT2D eigenvalue weighted by molar-refractivity contribution is 5.96. The summed E-state index contributed by atoms with van der Waals surface area (Å²) in [4.78, 5) is 24.2. The zero-order valence-electron chi connectivity index (χ0n) is 15.3. The molecular formula is C22H21NO4. The van der Waals surface area contributed by atoms with E-state index in [1.165, 1.54) is 7.11 Å². The van der Waals surface area contributed by atoms with Gasteiger partial charge in [0.2, 0.25) is 0 Å². The van der Waals surface area contributed by atoms with Gasteiger partial charge in [0.25, 0.3) is 5.91 Å². The third-order valence-corrected chi connectivity index (χ3v) is 4.21. The third-order valence-electron chi connectivity index (χ3n) is 4.21. The quantitative estimate of drug-likeness (QED) is 0.658. The highest BCUT2D eigenvalue weighted by atomic mass is 16.5. The number of hydrogen-bond donors (Lipinski definition) is 1. The van der Waals surface area contributed by atoms with Crippen molar-refractivity contribution in [2.45, 2.75) is 19.4 Å². The molecule has 1 atom stereocenters. The molecule has 0 saturated heterocycles. The molecule has 3 aromatic rings. The molecule has 0 saturated carbocycles. The Kier molecular flexibility index (Phi) is 5.71. The SMILES string of the molecule is CC[C@H](Oc1ccc2ccccc2c1)C(=O)Nc1cccc(C(=O)OC)c1. The number of anilines is 1. The molecule has 0 fully saturated rings. The van der Waals surface area contributed by atoms with Crippen LogP contribution in [0.3, 0.4) is 0 Å². The molecule has 138 valence electrons. The predicted molar refractivity (Wildman–Crippen MR) is 105 cm³/mol. The maximum Gasteiger partial charge on any atom is 0.337 e. The van der Waals surface area contributed by atoms with Crippen molar-refractivity contribution < 1.29 is 19.1 Å². The fraction of sp³-hybridized carbons (Fsp3) is 0.182. The molecule has 0 bridgehead atoms. The smallest absolute Gasteiger partial charge is 0.337 e. The average Bonchev–Trinajstić information content (AvgIpc) is 2.71. The molecule has 0 spiro atoms. The lowest BCUT2D eigenvalue weighted by molar-refractivity contribution is -0.122. The number of ether oxygens (including phenoxy) is 2. The van der Waals surface area contributed by atoms with E-state index in [-0.39, 0.29) is 5.91 Å². The lowest BCUT2D eigenvalue weighted by atomic mass is 10.1. The summed E-state index contributed by atoms with van der Waals surface area (Å²) in [5, 5.41) is 4.96. The third kappa shape index (κ3) is 4.44. The van der Waals surface area contributed by atoms with Crippen LogP contribution in [0.2, 0.25) is 0 Å². The summed E-state index contributed by atoms with van der Waals surface area (Å²) in [6.07, 6.45) is -0.136. The van der Waals surface area contributed by atoms with Gasteiger partial charge in [0.05, 0.1) is 12.7 Å². The van der Waals surface area contributed by atoms with Crippen LogP contribution >= 0.6 is 0 Å². The molecule has 3 aromatic carbocycles. The van der Waals surface area contributed by atoms with Gasteiger partial charge in [0.1, 0.15) is 5.75 Å². The van der Waals surface area contributed by atoms with Gasteiger partial charge in [-0.25, -0.2) is 4.79 Å². The van der Waals surface area contributed by atoms with E-state index in [9.17, 15) is 9.59 Å². The van der Waals surface area contributed by atoms with Crippen molar-refractivity contribution >= 4 is 28.3 Å². The van der Waals surface area contributed by atoms with Gasteiger partial charge in [-0.15, -0.1) is 0 Å². The molecular weight excluding hydrogens is 342 g/mol. The molecule has 0 aliphatic rings. The number of carbonyl (C=O) groups is 2. The Labute approximate surface area is 157 Å². The van der Waals surface area contributed by atoms with Crippen LogP contribution in [0.25, 0.3) is 10.8 Å². The second kappa shape index (κ2) is 8.36. The minimum absolute atomic E-state index is 0.271. The minimum atomic E-state index is -0.645. The first kappa shape index (κ1) is 18.5. The molecule has 0 aliphatic heterocycles. The number of fused-ring (bicyclic) bond motifs is 1. The number of benzene rings is 3. The number of hydrogen-bond acceptors (Lipinski definition) is 4. The fourth-order valence-electron chi connectivity index (χ4n) is 2.79.